The average molecular weight is 421 g/mol. The molecule has 1 aromatic heterocycles. The second-order valence-electron chi connectivity index (χ2n) is 8.31. The van der Waals surface area contributed by atoms with Crippen LogP contribution in [0.15, 0.2) is 54.7 Å². The van der Waals surface area contributed by atoms with Crippen LogP contribution in [0.1, 0.15) is 24.0 Å². The van der Waals surface area contributed by atoms with E-state index in [2.05, 4.69) is 57.8 Å². The average Bonchev–Trinajstić information content (AvgIpc) is 3.40. The fourth-order valence-corrected chi connectivity index (χ4v) is 4.20. The molecule has 0 bridgehead atoms. The first kappa shape index (κ1) is 20.9. The molecule has 2 heterocycles. The molecule has 2 aromatic carbocycles. The molecule has 0 spiro atoms. The Labute approximate surface area is 182 Å². The maximum Gasteiger partial charge on any atom is 0.324 e. The summed E-state index contributed by atoms with van der Waals surface area (Å²) in [5.74, 6) is -0.0364. The lowest BCUT2D eigenvalue weighted by Gasteiger charge is -2.21. The monoisotopic (exact) mass is 420 g/mol. The van der Waals surface area contributed by atoms with Crippen molar-refractivity contribution in [3.05, 3.63) is 65.9 Å². The number of aromatic amines is 1. The highest BCUT2D eigenvalue weighted by Gasteiger charge is 2.32. The number of aromatic nitrogens is 1. The Kier molecular flexibility index (Phi) is 5.95. The molecule has 0 aliphatic carbocycles. The van der Waals surface area contributed by atoms with Crippen molar-refractivity contribution >= 4 is 28.5 Å². The lowest BCUT2D eigenvalue weighted by Crippen LogP contribution is -2.92. The van der Waals surface area contributed by atoms with Gasteiger partial charge in [-0.3, -0.25) is 9.69 Å². The van der Waals surface area contributed by atoms with Crippen molar-refractivity contribution in [1.29, 1.82) is 0 Å². The normalized spacial score (nSPS) is 15.7. The predicted octanol–water partition coefficient (Wildman–Crippen LogP) is 1.87. The van der Waals surface area contributed by atoms with E-state index in [0.717, 1.165) is 11.2 Å². The van der Waals surface area contributed by atoms with E-state index in [-0.39, 0.29) is 23.9 Å². The van der Waals surface area contributed by atoms with Crippen molar-refractivity contribution < 1.29 is 14.9 Å². The van der Waals surface area contributed by atoms with E-state index >= 15 is 0 Å². The van der Waals surface area contributed by atoms with Gasteiger partial charge in [-0.2, -0.15) is 0 Å². The summed E-state index contributed by atoms with van der Waals surface area (Å²) < 4.78 is 0. The Hall–Kier alpha value is -3.32. The van der Waals surface area contributed by atoms with E-state index in [4.69, 9.17) is 0 Å². The molecule has 3 aromatic rings. The van der Waals surface area contributed by atoms with Crippen LogP contribution in [0.5, 0.6) is 0 Å². The van der Waals surface area contributed by atoms with Crippen LogP contribution in [-0.2, 0) is 4.79 Å². The SMILES string of the molecule is C[C@@H]([NH2+]C[C@@H](c1ccc(N(C)C)cc1)c1c[nH]c2ccccc12)C(=O)N1CCNC1=O. The van der Waals surface area contributed by atoms with Crippen LogP contribution < -0.4 is 15.5 Å². The maximum absolute atomic E-state index is 12.7. The zero-order valence-electron chi connectivity index (χ0n) is 18.3. The Morgan fingerprint density at radius 3 is 2.58 bits per heavy atom. The molecule has 4 N–H and O–H groups in total. The molecule has 7 heteroatoms. The van der Waals surface area contributed by atoms with Crippen molar-refractivity contribution in [2.75, 3.05) is 38.6 Å². The van der Waals surface area contributed by atoms with Gasteiger partial charge < -0.3 is 20.5 Å². The number of amides is 3. The van der Waals surface area contributed by atoms with Gasteiger partial charge >= 0.3 is 6.03 Å². The zero-order valence-corrected chi connectivity index (χ0v) is 18.3. The van der Waals surface area contributed by atoms with Gasteiger partial charge in [0.15, 0.2) is 6.04 Å². The summed E-state index contributed by atoms with van der Waals surface area (Å²) >= 11 is 0. The van der Waals surface area contributed by atoms with E-state index in [1.165, 1.54) is 21.4 Å². The zero-order chi connectivity index (χ0) is 22.0. The van der Waals surface area contributed by atoms with Gasteiger partial charge in [0.1, 0.15) is 0 Å². The lowest BCUT2D eigenvalue weighted by atomic mass is 9.90. The number of imide groups is 1. The number of fused-ring (bicyclic) bond motifs is 1. The summed E-state index contributed by atoms with van der Waals surface area (Å²) in [7, 11) is 4.06. The number of rotatable bonds is 7. The van der Waals surface area contributed by atoms with Gasteiger partial charge in [-0.15, -0.1) is 0 Å². The van der Waals surface area contributed by atoms with Gasteiger partial charge in [-0.05, 0) is 36.2 Å². The Bertz CT molecular complexity index is 1070. The minimum atomic E-state index is -0.336. The fourth-order valence-electron chi connectivity index (χ4n) is 4.20. The smallest absolute Gasteiger partial charge is 0.324 e. The van der Waals surface area contributed by atoms with Gasteiger partial charge in [0.05, 0.1) is 12.5 Å². The number of nitrogens with two attached hydrogens (primary N) is 1. The minimum absolute atomic E-state index is 0.106. The number of carbonyl (C=O) groups excluding carboxylic acids is 2. The highest BCUT2D eigenvalue weighted by molar-refractivity contribution is 5.97. The molecule has 1 saturated heterocycles. The number of quaternary nitrogens is 1. The maximum atomic E-state index is 12.7. The van der Waals surface area contributed by atoms with Crippen LogP contribution in [0.25, 0.3) is 10.9 Å². The predicted molar refractivity (Wildman–Crippen MR) is 122 cm³/mol. The van der Waals surface area contributed by atoms with Crippen molar-refractivity contribution in [3.63, 3.8) is 0 Å². The number of nitrogens with one attached hydrogen (secondary N) is 2. The van der Waals surface area contributed by atoms with E-state index in [1.54, 1.807) is 0 Å². The second-order valence-corrected chi connectivity index (χ2v) is 8.31. The molecule has 0 radical (unpaired) electrons. The van der Waals surface area contributed by atoms with Gasteiger partial charge in [0.25, 0.3) is 5.91 Å². The van der Waals surface area contributed by atoms with E-state index in [9.17, 15) is 9.59 Å². The third-order valence-electron chi connectivity index (χ3n) is 6.05. The third kappa shape index (κ3) is 4.27. The van der Waals surface area contributed by atoms with Crippen molar-refractivity contribution in [2.24, 2.45) is 0 Å². The lowest BCUT2D eigenvalue weighted by molar-refractivity contribution is -0.675. The number of hydrogen-bond acceptors (Lipinski definition) is 3. The highest BCUT2D eigenvalue weighted by atomic mass is 16.2. The summed E-state index contributed by atoms with van der Waals surface area (Å²) in [5.41, 5.74) is 4.66. The number of nitrogens with zero attached hydrogens (tertiary/aromatic N) is 2. The Morgan fingerprint density at radius 1 is 1.16 bits per heavy atom. The van der Waals surface area contributed by atoms with Crippen LogP contribution in [0.2, 0.25) is 0 Å². The molecule has 1 aliphatic heterocycles. The number of urea groups is 1. The molecule has 3 amide bonds. The Morgan fingerprint density at radius 2 is 1.90 bits per heavy atom. The minimum Gasteiger partial charge on any atom is -0.378 e. The van der Waals surface area contributed by atoms with Gasteiger partial charge in [-0.1, -0.05) is 30.3 Å². The molecule has 7 nitrogen and oxygen atoms in total. The summed E-state index contributed by atoms with van der Waals surface area (Å²) in [4.78, 5) is 31.4. The van der Waals surface area contributed by atoms with Crippen LogP contribution in [-0.4, -0.2) is 61.6 Å². The molecular formula is C24H30N5O2+. The van der Waals surface area contributed by atoms with Crippen molar-refractivity contribution in [2.45, 2.75) is 18.9 Å². The van der Waals surface area contributed by atoms with Gasteiger partial charge in [-0.25, -0.2) is 4.79 Å². The first-order valence-electron chi connectivity index (χ1n) is 10.7. The first-order chi connectivity index (χ1) is 15.0. The quantitative estimate of drug-likeness (QED) is 0.546. The summed E-state index contributed by atoms with van der Waals surface area (Å²) in [6.45, 7) is 3.53. The molecular weight excluding hydrogens is 390 g/mol. The van der Waals surface area contributed by atoms with Crippen LogP contribution in [0.3, 0.4) is 0 Å². The molecule has 31 heavy (non-hydrogen) atoms. The number of para-hydroxylation sites is 1. The summed E-state index contributed by atoms with van der Waals surface area (Å²) in [6.07, 6.45) is 2.07. The molecule has 0 unspecified atom stereocenters. The highest BCUT2D eigenvalue weighted by Crippen LogP contribution is 2.30. The van der Waals surface area contributed by atoms with Crippen LogP contribution in [0.4, 0.5) is 10.5 Å². The Balaban J connectivity index is 1.59. The molecule has 162 valence electrons. The molecule has 2 atom stereocenters. The fraction of sp³-hybridized carbons (Fsp3) is 0.333. The molecule has 0 saturated carbocycles. The number of anilines is 1. The van der Waals surface area contributed by atoms with E-state index in [0.29, 0.717) is 19.6 Å². The van der Waals surface area contributed by atoms with Crippen molar-refractivity contribution in [1.82, 2.24) is 15.2 Å². The number of hydrogen-bond donors (Lipinski definition) is 3. The molecule has 1 fully saturated rings. The third-order valence-corrected chi connectivity index (χ3v) is 6.05. The largest absolute Gasteiger partial charge is 0.378 e. The van der Waals surface area contributed by atoms with Gasteiger partial charge in [0, 0.05) is 50.0 Å². The standard InChI is InChI=1S/C24H29N5O2/c1-16(23(30)29-13-12-25-24(29)31)26-14-20(17-8-10-18(11-9-17)28(2)3)21-15-27-22-7-5-4-6-19(21)22/h4-11,15-16,20,26-27H,12-14H2,1-3H3,(H,25,31)/p+1/t16-,20+/m1/s1. The second kappa shape index (κ2) is 8.81. The van der Waals surface area contributed by atoms with E-state index in [1.807, 2.05) is 38.5 Å². The first-order valence-corrected chi connectivity index (χ1v) is 10.7. The summed E-state index contributed by atoms with van der Waals surface area (Å²) in [5, 5.41) is 5.93. The molecule has 1 aliphatic rings. The number of benzene rings is 2. The summed E-state index contributed by atoms with van der Waals surface area (Å²) in [6, 6.07) is 16.2. The number of carbonyl (C=O) groups is 2. The molecule has 4 rings (SSSR count). The van der Waals surface area contributed by atoms with Crippen LogP contribution in [0, 0.1) is 0 Å². The topological polar surface area (TPSA) is 85.1 Å². The number of H-pyrrole nitrogens is 1. The van der Waals surface area contributed by atoms with E-state index < -0.39 is 0 Å². The van der Waals surface area contributed by atoms with Crippen LogP contribution >= 0.6 is 0 Å². The van der Waals surface area contributed by atoms with Gasteiger partial charge in [0.2, 0.25) is 0 Å². The van der Waals surface area contributed by atoms with Crippen molar-refractivity contribution in [3.8, 4) is 0 Å².